The molecule has 1 aromatic rings. The number of amides is 2. The Labute approximate surface area is 167 Å². The highest BCUT2D eigenvalue weighted by Crippen LogP contribution is 2.43. The molecule has 0 bridgehead atoms. The minimum absolute atomic E-state index is 0.0187. The van der Waals surface area contributed by atoms with Gasteiger partial charge in [0.2, 0.25) is 5.91 Å². The Morgan fingerprint density at radius 2 is 2.04 bits per heavy atom. The summed E-state index contributed by atoms with van der Waals surface area (Å²) in [5.74, 6) is 0.781. The van der Waals surface area contributed by atoms with Crippen molar-refractivity contribution in [2.24, 2.45) is 5.92 Å². The average Bonchev–Trinajstić information content (AvgIpc) is 3.01. The Bertz CT molecular complexity index is 776. The van der Waals surface area contributed by atoms with Crippen LogP contribution in [0.5, 0.6) is 0 Å². The van der Waals surface area contributed by atoms with Crippen LogP contribution < -0.4 is 5.32 Å². The summed E-state index contributed by atoms with van der Waals surface area (Å²) in [6.07, 6.45) is 3.09. The molecule has 0 aromatic heterocycles. The molecule has 1 spiro atoms. The van der Waals surface area contributed by atoms with Gasteiger partial charge in [0.1, 0.15) is 6.61 Å². The summed E-state index contributed by atoms with van der Waals surface area (Å²) < 4.78 is 5.03. The number of hydrogen-bond acceptors (Lipinski definition) is 3. The van der Waals surface area contributed by atoms with Crippen molar-refractivity contribution in [1.29, 1.82) is 0 Å². The van der Waals surface area contributed by atoms with Crippen molar-refractivity contribution in [2.75, 3.05) is 13.2 Å². The van der Waals surface area contributed by atoms with Crippen molar-refractivity contribution >= 4 is 12.0 Å². The van der Waals surface area contributed by atoms with Crippen molar-refractivity contribution in [3.8, 4) is 0 Å². The lowest BCUT2D eigenvalue weighted by atomic mass is 9.68. The summed E-state index contributed by atoms with van der Waals surface area (Å²) in [4.78, 5) is 26.4. The van der Waals surface area contributed by atoms with Crippen molar-refractivity contribution in [2.45, 2.75) is 76.3 Å². The second-order valence-electron chi connectivity index (χ2n) is 10.1. The van der Waals surface area contributed by atoms with Gasteiger partial charge >= 0.3 is 6.09 Å². The molecule has 0 radical (unpaired) electrons. The highest BCUT2D eigenvalue weighted by atomic mass is 16.6. The van der Waals surface area contributed by atoms with Gasteiger partial charge in [-0.2, -0.15) is 0 Å². The van der Waals surface area contributed by atoms with Gasteiger partial charge in [-0.15, -0.1) is 0 Å². The molecule has 28 heavy (non-hydrogen) atoms. The molecule has 1 aromatic carbocycles. The standard InChI is InChI=1S/C23H32N2O3/c1-15-10-17(16-6-5-7-19(11-16)22(2,3)4)8-9-25(15)20(26)18-12-23(13-18)14-28-21(27)24-23/h5-7,11,15,17-18H,8-10,12-14H2,1-4H3,(H,24,27)/t15-,17+,18-,23+/m0/s1. The van der Waals surface area contributed by atoms with Gasteiger partial charge in [0, 0.05) is 18.5 Å². The molecule has 0 unspecified atom stereocenters. The molecule has 1 aliphatic carbocycles. The van der Waals surface area contributed by atoms with Crippen molar-refractivity contribution in [1.82, 2.24) is 10.2 Å². The van der Waals surface area contributed by atoms with Gasteiger partial charge < -0.3 is 15.0 Å². The number of cyclic esters (lactones) is 1. The maximum Gasteiger partial charge on any atom is 0.407 e. The molecule has 5 heteroatoms. The van der Waals surface area contributed by atoms with Crippen molar-refractivity contribution < 1.29 is 14.3 Å². The van der Waals surface area contributed by atoms with E-state index in [0.717, 1.165) is 19.4 Å². The molecule has 1 saturated carbocycles. The van der Waals surface area contributed by atoms with Crippen LogP contribution in [0.3, 0.4) is 0 Å². The van der Waals surface area contributed by atoms with E-state index in [2.05, 4.69) is 62.2 Å². The number of carbonyl (C=O) groups excluding carboxylic acids is 2. The SMILES string of the molecule is C[C@H]1C[C@H](c2cccc(C(C)(C)C)c2)CCN1C(=O)[C@H]1C[C@]2(COC(=O)N2)C1. The fourth-order valence-corrected chi connectivity index (χ4v) is 5.07. The highest BCUT2D eigenvalue weighted by Gasteiger charge is 2.53. The molecule has 2 atom stereocenters. The van der Waals surface area contributed by atoms with Crippen LogP contribution in [0.2, 0.25) is 0 Å². The quantitative estimate of drug-likeness (QED) is 0.839. The van der Waals surface area contributed by atoms with Gasteiger partial charge in [0.15, 0.2) is 0 Å². The first-order valence-corrected chi connectivity index (χ1v) is 10.5. The Hall–Kier alpha value is -2.04. The van der Waals surface area contributed by atoms with Crippen molar-refractivity contribution in [3.05, 3.63) is 35.4 Å². The zero-order valence-corrected chi connectivity index (χ0v) is 17.5. The van der Waals surface area contributed by atoms with Crippen LogP contribution in [0.1, 0.15) is 70.4 Å². The molecule has 2 amide bonds. The van der Waals surface area contributed by atoms with Crippen LogP contribution in [0.4, 0.5) is 4.79 Å². The smallest absolute Gasteiger partial charge is 0.407 e. The van der Waals surface area contributed by atoms with Crippen LogP contribution in [0, 0.1) is 5.92 Å². The largest absolute Gasteiger partial charge is 0.447 e. The fraction of sp³-hybridized carbons (Fsp3) is 0.652. The first kappa shape index (κ1) is 19.3. The number of benzene rings is 1. The number of carbonyl (C=O) groups is 2. The van der Waals surface area contributed by atoms with Gasteiger partial charge in [0.25, 0.3) is 0 Å². The number of nitrogens with zero attached hydrogens (tertiary/aromatic N) is 1. The minimum Gasteiger partial charge on any atom is -0.447 e. The summed E-state index contributed by atoms with van der Waals surface area (Å²) in [6.45, 7) is 10.1. The maximum absolute atomic E-state index is 13.0. The lowest BCUT2D eigenvalue weighted by Gasteiger charge is -2.46. The first-order valence-electron chi connectivity index (χ1n) is 10.5. The molecular formula is C23H32N2O3. The van der Waals surface area contributed by atoms with E-state index in [-0.39, 0.29) is 34.9 Å². The summed E-state index contributed by atoms with van der Waals surface area (Å²) in [6, 6.07) is 9.22. The number of likely N-dealkylation sites (tertiary alicyclic amines) is 1. The second-order valence-corrected chi connectivity index (χ2v) is 10.1. The number of nitrogens with one attached hydrogen (secondary N) is 1. The van der Waals surface area contributed by atoms with Gasteiger partial charge in [-0.25, -0.2) is 4.79 Å². The third kappa shape index (κ3) is 3.51. The van der Waals surface area contributed by atoms with E-state index < -0.39 is 0 Å². The Balaban J connectivity index is 1.37. The van der Waals surface area contributed by atoms with Crippen LogP contribution in [0.15, 0.2) is 24.3 Å². The number of rotatable bonds is 2. The summed E-state index contributed by atoms with van der Waals surface area (Å²) in [5, 5.41) is 2.88. The van der Waals surface area contributed by atoms with E-state index in [1.165, 1.54) is 11.1 Å². The molecule has 2 aliphatic heterocycles. The number of hydrogen-bond donors (Lipinski definition) is 1. The van der Waals surface area contributed by atoms with Crippen LogP contribution in [0.25, 0.3) is 0 Å². The van der Waals surface area contributed by atoms with Crippen molar-refractivity contribution in [3.63, 3.8) is 0 Å². The van der Waals surface area contributed by atoms with Crippen LogP contribution >= 0.6 is 0 Å². The lowest BCUT2D eigenvalue weighted by molar-refractivity contribution is -0.144. The summed E-state index contributed by atoms with van der Waals surface area (Å²) in [7, 11) is 0. The van der Waals surface area contributed by atoms with E-state index in [9.17, 15) is 9.59 Å². The molecule has 5 nitrogen and oxygen atoms in total. The van der Waals surface area contributed by atoms with Gasteiger partial charge in [-0.1, -0.05) is 45.0 Å². The fourth-order valence-electron chi connectivity index (χ4n) is 5.07. The molecule has 3 fully saturated rings. The minimum atomic E-state index is -0.349. The maximum atomic E-state index is 13.0. The van der Waals surface area contributed by atoms with E-state index >= 15 is 0 Å². The lowest BCUT2D eigenvalue weighted by Crippen LogP contribution is -2.59. The van der Waals surface area contributed by atoms with E-state index in [4.69, 9.17) is 4.74 Å². The Kier molecular flexibility index (Phi) is 4.67. The zero-order chi connectivity index (χ0) is 20.1. The van der Waals surface area contributed by atoms with E-state index in [1.54, 1.807) is 0 Å². The number of alkyl carbamates (subject to hydrolysis) is 1. The predicted molar refractivity (Wildman–Crippen MR) is 108 cm³/mol. The van der Waals surface area contributed by atoms with Crippen LogP contribution in [-0.4, -0.2) is 41.6 Å². The van der Waals surface area contributed by atoms with E-state index in [0.29, 0.717) is 25.4 Å². The number of ether oxygens (including phenoxy) is 1. The van der Waals surface area contributed by atoms with Gasteiger partial charge in [0.05, 0.1) is 5.54 Å². The molecule has 2 heterocycles. The Morgan fingerprint density at radius 3 is 2.64 bits per heavy atom. The molecule has 4 rings (SSSR count). The summed E-state index contributed by atoms with van der Waals surface area (Å²) in [5.41, 5.74) is 2.64. The molecule has 152 valence electrons. The predicted octanol–water partition coefficient (Wildman–Crippen LogP) is 3.97. The normalized spacial score (nSPS) is 32.6. The monoisotopic (exact) mass is 384 g/mol. The third-order valence-corrected chi connectivity index (χ3v) is 6.85. The number of piperidine rings is 1. The third-order valence-electron chi connectivity index (χ3n) is 6.85. The van der Waals surface area contributed by atoms with Gasteiger partial charge in [-0.3, -0.25) is 4.79 Å². The highest BCUT2D eigenvalue weighted by molar-refractivity contribution is 5.82. The zero-order valence-electron chi connectivity index (χ0n) is 17.5. The Morgan fingerprint density at radius 1 is 1.29 bits per heavy atom. The van der Waals surface area contributed by atoms with E-state index in [1.807, 2.05) is 0 Å². The molecule has 3 aliphatic rings. The topological polar surface area (TPSA) is 58.6 Å². The van der Waals surface area contributed by atoms with Gasteiger partial charge in [-0.05, 0) is 55.1 Å². The second kappa shape index (κ2) is 6.78. The summed E-state index contributed by atoms with van der Waals surface area (Å²) >= 11 is 0. The molecule has 2 saturated heterocycles. The molecular weight excluding hydrogens is 352 g/mol. The first-order chi connectivity index (χ1) is 13.2. The molecule has 1 N–H and O–H groups in total. The average molecular weight is 385 g/mol. The van der Waals surface area contributed by atoms with Crippen LogP contribution in [-0.2, 0) is 14.9 Å².